The van der Waals surface area contributed by atoms with E-state index in [-0.39, 0.29) is 22.8 Å². The molecule has 1 unspecified atom stereocenters. The summed E-state index contributed by atoms with van der Waals surface area (Å²) in [6.07, 6.45) is 1.20. The second kappa shape index (κ2) is 9.11. The van der Waals surface area contributed by atoms with E-state index in [2.05, 4.69) is 10.4 Å². The minimum atomic E-state index is -1.20. The largest absolute Gasteiger partial charge is 0.496 e. The van der Waals surface area contributed by atoms with Crippen molar-refractivity contribution in [1.82, 2.24) is 9.78 Å². The number of ether oxygens (including phenoxy) is 2. The van der Waals surface area contributed by atoms with Crippen LogP contribution in [0, 0.1) is 10.1 Å². The molecule has 0 spiro atoms. The van der Waals surface area contributed by atoms with E-state index in [9.17, 15) is 19.7 Å². The first-order valence-corrected chi connectivity index (χ1v) is 10.4. The van der Waals surface area contributed by atoms with E-state index in [1.54, 1.807) is 4.68 Å². The summed E-state index contributed by atoms with van der Waals surface area (Å²) in [6.45, 7) is 1.40. The van der Waals surface area contributed by atoms with Crippen LogP contribution < -0.4 is 10.1 Å². The highest BCUT2D eigenvalue weighted by Gasteiger charge is 2.30. The molecule has 10 nitrogen and oxygen atoms in total. The van der Waals surface area contributed by atoms with Crippen LogP contribution in [0.15, 0.2) is 48.5 Å². The fourth-order valence-corrected chi connectivity index (χ4v) is 3.78. The zero-order chi connectivity index (χ0) is 23.5. The number of carbonyl (C=O) groups excluding carboxylic acids is 2. The van der Waals surface area contributed by atoms with Gasteiger partial charge in [-0.2, -0.15) is 5.10 Å². The molecule has 170 valence electrons. The second-order valence-electron chi connectivity index (χ2n) is 7.55. The SMILES string of the molecule is COc1ccc(NC(=O)C(C)OC(=O)c2nn(-c3ccccc3)c3c2CCC3)c([N+](=O)[O-])c1. The lowest BCUT2D eigenvalue weighted by Crippen LogP contribution is -2.30. The van der Waals surface area contributed by atoms with Gasteiger partial charge in [0.15, 0.2) is 11.8 Å². The zero-order valence-electron chi connectivity index (χ0n) is 18.1. The van der Waals surface area contributed by atoms with Gasteiger partial charge in [0.05, 0.1) is 23.8 Å². The van der Waals surface area contributed by atoms with Crippen molar-refractivity contribution < 1.29 is 24.0 Å². The maximum Gasteiger partial charge on any atom is 0.359 e. The Morgan fingerprint density at radius 3 is 2.64 bits per heavy atom. The monoisotopic (exact) mass is 450 g/mol. The van der Waals surface area contributed by atoms with Crippen molar-refractivity contribution in [3.05, 3.63) is 75.6 Å². The zero-order valence-corrected chi connectivity index (χ0v) is 18.1. The van der Waals surface area contributed by atoms with Crippen molar-refractivity contribution >= 4 is 23.3 Å². The fourth-order valence-electron chi connectivity index (χ4n) is 3.78. The Kier molecular flexibility index (Phi) is 6.07. The molecule has 1 aromatic heterocycles. The second-order valence-corrected chi connectivity index (χ2v) is 7.55. The molecule has 1 atom stereocenters. The molecular weight excluding hydrogens is 428 g/mol. The third kappa shape index (κ3) is 4.40. The minimum absolute atomic E-state index is 0.0250. The number of nitro benzene ring substituents is 1. The third-order valence-corrected chi connectivity index (χ3v) is 5.44. The van der Waals surface area contributed by atoms with Crippen molar-refractivity contribution in [2.75, 3.05) is 12.4 Å². The highest BCUT2D eigenvalue weighted by Crippen LogP contribution is 2.30. The van der Waals surface area contributed by atoms with E-state index in [0.717, 1.165) is 29.8 Å². The summed E-state index contributed by atoms with van der Waals surface area (Å²) < 4.78 is 12.1. The fraction of sp³-hybridized carbons (Fsp3) is 0.261. The number of aromatic nitrogens is 2. The number of esters is 1. The van der Waals surface area contributed by atoms with E-state index in [1.165, 1.54) is 32.2 Å². The number of methoxy groups -OCH3 is 1. The Hall–Kier alpha value is -4.21. The Balaban J connectivity index is 1.51. The topological polar surface area (TPSA) is 126 Å². The molecule has 10 heteroatoms. The van der Waals surface area contributed by atoms with Gasteiger partial charge in [0, 0.05) is 11.3 Å². The van der Waals surface area contributed by atoms with Gasteiger partial charge in [0.25, 0.3) is 11.6 Å². The van der Waals surface area contributed by atoms with Crippen LogP contribution in [0.25, 0.3) is 5.69 Å². The van der Waals surface area contributed by atoms with Crippen LogP contribution in [0.1, 0.15) is 35.1 Å². The van der Waals surface area contributed by atoms with Crippen molar-refractivity contribution in [3.63, 3.8) is 0 Å². The van der Waals surface area contributed by atoms with E-state index in [1.807, 2.05) is 30.3 Å². The number of carbonyl (C=O) groups is 2. The summed E-state index contributed by atoms with van der Waals surface area (Å²) in [5.74, 6) is -1.13. The number of nitrogens with one attached hydrogen (secondary N) is 1. The number of amides is 1. The minimum Gasteiger partial charge on any atom is -0.496 e. The maximum atomic E-state index is 12.9. The maximum absolute atomic E-state index is 12.9. The van der Waals surface area contributed by atoms with Crippen LogP contribution in [0.2, 0.25) is 0 Å². The Labute approximate surface area is 189 Å². The van der Waals surface area contributed by atoms with Crippen LogP contribution in [0.3, 0.4) is 0 Å². The molecule has 3 aromatic rings. The summed E-state index contributed by atoms with van der Waals surface area (Å²) in [7, 11) is 1.38. The first-order valence-electron chi connectivity index (χ1n) is 10.4. The van der Waals surface area contributed by atoms with E-state index in [0.29, 0.717) is 6.42 Å². The smallest absolute Gasteiger partial charge is 0.359 e. The highest BCUT2D eigenvalue weighted by atomic mass is 16.6. The predicted molar refractivity (Wildman–Crippen MR) is 119 cm³/mol. The van der Waals surface area contributed by atoms with Gasteiger partial charge in [0.2, 0.25) is 0 Å². The molecule has 0 aliphatic heterocycles. The lowest BCUT2D eigenvalue weighted by molar-refractivity contribution is -0.384. The van der Waals surface area contributed by atoms with Gasteiger partial charge in [-0.25, -0.2) is 9.48 Å². The van der Waals surface area contributed by atoms with E-state index < -0.39 is 22.9 Å². The lowest BCUT2D eigenvalue weighted by Gasteiger charge is -2.13. The predicted octanol–water partition coefficient (Wildman–Crippen LogP) is 3.46. The molecule has 33 heavy (non-hydrogen) atoms. The average Bonchev–Trinajstić information content (AvgIpc) is 3.42. The van der Waals surface area contributed by atoms with Crippen LogP contribution in [-0.4, -0.2) is 39.8 Å². The lowest BCUT2D eigenvalue weighted by atomic mass is 10.2. The molecule has 1 aliphatic carbocycles. The molecular formula is C23H22N4O6. The average molecular weight is 450 g/mol. The quantitative estimate of drug-likeness (QED) is 0.332. The standard InChI is InChI=1S/C23H22N4O6/c1-14(22(28)24-18-12-11-16(32-2)13-20(18)27(30)31)33-23(29)21-17-9-6-10-19(17)26(25-21)15-7-4-3-5-8-15/h3-5,7-8,11-14H,6,9-10H2,1-2H3,(H,24,28). The molecule has 1 aliphatic rings. The third-order valence-electron chi connectivity index (χ3n) is 5.44. The number of fused-ring (bicyclic) bond motifs is 1. The van der Waals surface area contributed by atoms with Crippen molar-refractivity contribution in [2.24, 2.45) is 0 Å². The summed E-state index contributed by atoms with van der Waals surface area (Å²) in [6, 6.07) is 13.5. The van der Waals surface area contributed by atoms with Crippen LogP contribution in [0.4, 0.5) is 11.4 Å². The van der Waals surface area contributed by atoms with Crippen molar-refractivity contribution in [1.29, 1.82) is 0 Å². The number of rotatable bonds is 7. The molecule has 4 rings (SSSR count). The summed E-state index contributed by atoms with van der Waals surface area (Å²) >= 11 is 0. The molecule has 0 fully saturated rings. The molecule has 1 amide bonds. The first kappa shape index (κ1) is 22.0. The molecule has 0 saturated carbocycles. The number of hydrogen-bond acceptors (Lipinski definition) is 7. The number of nitro groups is 1. The van der Waals surface area contributed by atoms with Gasteiger partial charge in [0.1, 0.15) is 11.4 Å². The first-order chi connectivity index (χ1) is 15.9. The number of hydrogen-bond donors (Lipinski definition) is 1. The van der Waals surface area contributed by atoms with Gasteiger partial charge < -0.3 is 14.8 Å². The molecule has 1 heterocycles. The Morgan fingerprint density at radius 1 is 1.18 bits per heavy atom. The summed E-state index contributed by atoms with van der Waals surface area (Å²) in [5, 5.41) is 18.2. The van der Waals surface area contributed by atoms with Gasteiger partial charge in [-0.1, -0.05) is 18.2 Å². The Bertz CT molecular complexity index is 1220. The van der Waals surface area contributed by atoms with Crippen molar-refractivity contribution in [2.45, 2.75) is 32.3 Å². The molecule has 0 radical (unpaired) electrons. The molecule has 0 bridgehead atoms. The van der Waals surface area contributed by atoms with Gasteiger partial charge in [-0.15, -0.1) is 0 Å². The number of nitrogens with zero attached hydrogens (tertiary/aromatic N) is 3. The van der Waals surface area contributed by atoms with E-state index >= 15 is 0 Å². The number of anilines is 1. The summed E-state index contributed by atoms with van der Waals surface area (Å²) in [4.78, 5) is 36.2. The van der Waals surface area contributed by atoms with Gasteiger partial charge in [-0.05, 0) is 50.5 Å². The van der Waals surface area contributed by atoms with Crippen molar-refractivity contribution in [3.8, 4) is 11.4 Å². The normalized spacial score (nSPS) is 13.2. The molecule has 1 N–H and O–H groups in total. The molecule has 0 saturated heterocycles. The van der Waals surface area contributed by atoms with E-state index in [4.69, 9.17) is 9.47 Å². The number of para-hydroxylation sites is 1. The van der Waals surface area contributed by atoms with Gasteiger partial charge in [-0.3, -0.25) is 14.9 Å². The number of benzene rings is 2. The molecule has 2 aromatic carbocycles. The Morgan fingerprint density at radius 2 is 1.94 bits per heavy atom. The van der Waals surface area contributed by atoms with Crippen LogP contribution >= 0.6 is 0 Å². The van der Waals surface area contributed by atoms with Crippen LogP contribution in [-0.2, 0) is 22.4 Å². The van der Waals surface area contributed by atoms with Crippen LogP contribution in [0.5, 0.6) is 5.75 Å². The summed E-state index contributed by atoms with van der Waals surface area (Å²) in [5.41, 5.74) is 2.44. The highest BCUT2D eigenvalue weighted by molar-refractivity contribution is 5.98. The van der Waals surface area contributed by atoms with Gasteiger partial charge >= 0.3 is 5.97 Å².